The zero-order valence-corrected chi connectivity index (χ0v) is 23.5. The first-order valence-electron chi connectivity index (χ1n) is 10.9. The molecule has 0 atom stereocenters. The van der Waals surface area contributed by atoms with Gasteiger partial charge in [-0.3, -0.25) is 9.10 Å². The second-order valence-corrected chi connectivity index (χ2v) is 11.4. The number of benzene rings is 2. The molecule has 0 bridgehead atoms. The maximum absolute atomic E-state index is 13.5. The summed E-state index contributed by atoms with van der Waals surface area (Å²) >= 11 is 13.1. The van der Waals surface area contributed by atoms with Gasteiger partial charge in [-0.2, -0.15) is 0 Å². The lowest BCUT2D eigenvalue weighted by atomic mass is 10.2. The Hall–Kier alpha value is -2.99. The smallest absolute Gasteiger partial charge is 0.339 e. The van der Waals surface area contributed by atoms with Gasteiger partial charge in [0.25, 0.3) is 15.9 Å². The van der Waals surface area contributed by atoms with Crippen LogP contribution in [0.2, 0.25) is 9.36 Å². The molecule has 198 valence electrons. The number of hydrogen-bond donors (Lipinski definition) is 1. The van der Waals surface area contributed by atoms with Gasteiger partial charge in [-0.05, 0) is 50.2 Å². The topological polar surface area (TPSA) is 111 Å². The van der Waals surface area contributed by atoms with Gasteiger partial charge in [0.1, 0.15) is 9.77 Å². The summed E-state index contributed by atoms with van der Waals surface area (Å²) < 4.78 is 43.9. The summed E-state index contributed by atoms with van der Waals surface area (Å²) in [5, 5.41) is 2.67. The highest BCUT2D eigenvalue weighted by molar-refractivity contribution is 7.93. The van der Waals surface area contributed by atoms with Gasteiger partial charge in [-0.25, -0.2) is 13.2 Å². The van der Waals surface area contributed by atoms with Crippen LogP contribution in [0.25, 0.3) is 0 Å². The number of anilines is 2. The molecular weight excluding hydrogens is 563 g/mol. The molecule has 1 heterocycles. The van der Waals surface area contributed by atoms with Crippen LogP contribution in [0.15, 0.2) is 47.4 Å². The van der Waals surface area contributed by atoms with E-state index in [0.717, 1.165) is 15.6 Å². The molecule has 37 heavy (non-hydrogen) atoms. The number of nitrogens with one attached hydrogen (secondary N) is 1. The number of ether oxygens (including phenoxy) is 3. The van der Waals surface area contributed by atoms with Crippen LogP contribution in [0, 0.1) is 0 Å². The zero-order chi connectivity index (χ0) is 27.3. The maximum Gasteiger partial charge on any atom is 0.339 e. The normalized spacial score (nSPS) is 11.1. The second-order valence-electron chi connectivity index (χ2n) is 7.35. The predicted octanol–water partition coefficient (Wildman–Crippen LogP) is 5.72. The van der Waals surface area contributed by atoms with Crippen molar-refractivity contribution in [3.8, 4) is 11.5 Å². The van der Waals surface area contributed by atoms with Crippen LogP contribution in [0.1, 0.15) is 33.9 Å². The van der Waals surface area contributed by atoms with Gasteiger partial charge in [-0.1, -0.05) is 23.2 Å². The summed E-state index contributed by atoms with van der Waals surface area (Å²) in [6.07, 6.45) is 0. The maximum atomic E-state index is 13.5. The summed E-state index contributed by atoms with van der Waals surface area (Å²) in [4.78, 5) is 24.6. The Labute approximate surface area is 228 Å². The highest BCUT2D eigenvalue weighted by Gasteiger charge is 2.30. The number of nitrogens with zero attached hydrogens (tertiary/aromatic N) is 1. The fourth-order valence-corrected chi connectivity index (χ4v) is 6.40. The third kappa shape index (κ3) is 6.30. The molecule has 0 unspecified atom stereocenters. The SMILES string of the molecule is CCOC(=O)c1ccc(NC(=O)c2sc(Cl)cc2S(=O)(=O)N(C)c2ccc(OCC)c(OC)c2)cc1Cl. The van der Waals surface area contributed by atoms with E-state index in [1.807, 2.05) is 6.92 Å². The van der Waals surface area contributed by atoms with Crippen molar-refractivity contribution in [2.24, 2.45) is 0 Å². The van der Waals surface area contributed by atoms with E-state index in [1.54, 1.807) is 19.1 Å². The number of rotatable bonds is 10. The van der Waals surface area contributed by atoms with Crippen molar-refractivity contribution in [1.82, 2.24) is 0 Å². The summed E-state index contributed by atoms with van der Waals surface area (Å²) in [7, 11) is -1.41. The minimum absolute atomic E-state index is 0.0671. The Morgan fingerprint density at radius 3 is 2.38 bits per heavy atom. The molecule has 0 aliphatic rings. The number of methoxy groups -OCH3 is 1. The molecule has 0 aliphatic heterocycles. The van der Waals surface area contributed by atoms with Crippen LogP contribution in [0.3, 0.4) is 0 Å². The van der Waals surface area contributed by atoms with E-state index in [4.69, 9.17) is 37.4 Å². The van der Waals surface area contributed by atoms with Gasteiger partial charge in [0.2, 0.25) is 0 Å². The Morgan fingerprint density at radius 1 is 1.03 bits per heavy atom. The van der Waals surface area contributed by atoms with Crippen molar-refractivity contribution in [3.63, 3.8) is 0 Å². The van der Waals surface area contributed by atoms with Crippen molar-refractivity contribution in [2.75, 3.05) is 37.0 Å². The largest absolute Gasteiger partial charge is 0.493 e. The van der Waals surface area contributed by atoms with E-state index in [-0.39, 0.29) is 42.7 Å². The molecular formula is C24H24Cl2N2O7S2. The molecule has 0 saturated heterocycles. The van der Waals surface area contributed by atoms with E-state index in [1.165, 1.54) is 44.5 Å². The van der Waals surface area contributed by atoms with Gasteiger partial charge < -0.3 is 19.5 Å². The lowest BCUT2D eigenvalue weighted by molar-refractivity contribution is 0.0526. The van der Waals surface area contributed by atoms with Gasteiger partial charge >= 0.3 is 5.97 Å². The number of sulfonamides is 1. The Morgan fingerprint density at radius 2 is 1.76 bits per heavy atom. The number of halogens is 2. The number of thiophene rings is 1. The molecule has 1 aromatic heterocycles. The molecule has 1 N–H and O–H groups in total. The van der Waals surface area contributed by atoms with E-state index >= 15 is 0 Å². The molecule has 2 aromatic carbocycles. The first-order valence-corrected chi connectivity index (χ1v) is 13.9. The van der Waals surface area contributed by atoms with Crippen molar-refractivity contribution in [1.29, 1.82) is 0 Å². The van der Waals surface area contributed by atoms with Crippen molar-refractivity contribution in [2.45, 2.75) is 18.7 Å². The average molecular weight is 588 g/mol. The van der Waals surface area contributed by atoms with Crippen LogP contribution >= 0.6 is 34.5 Å². The summed E-state index contributed by atoms with van der Waals surface area (Å²) in [6, 6.07) is 10.1. The Kier molecular flexibility index (Phi) is 9.30. The Bertz CT molecular complexity index is 1420. The quantitative estimate of drug-likeness (QED) is 0.302. The van der Waals surface area contributed by atoms with Crippen LogP contribution in [-0.2, 0) is 14.8 Å². The highest BCUT2D eigenvalue weighted by Crippen LogP contribution is 2.37. The van der Waals surface area contributed by atoms with Crippen molar-refractivity contribution >= 4 is 67.8 Å². The third-order valence-electron chi connectivity index (χ3n) is 5.05. The van der Waals surface area contributed by atoms with Gasteiger partial charge in [-0.15, -0.1) is 11.3 Å². The number of carbonyl (C=O) groups excluding carboxylic acids is 2. The van der Waals surface area contributed by atoms with E-state index in [0.29, 0.717) is 18.1 Å². The van der Waals surface area contributed by atoms with Gasteiger partial charge in [0.15, 0.2) is 11.5 Å². The zero-order valence-electron chi connectivity index (χ0n) is 20.3. The summed E-state index contributed by atoms with van der Waals surface area (Å²) in [5.74, 6) is -0.498. The molecule has 9 nitrogen and oxygen atoms in total. The second kappa shape index (κ2) is 12.0. The molecule has 0 aliphatic carbocycles. The molecule has 0 radical (unpaired) electrons. The average Bonchev–Trinajstić information content (AvgIpc) is 3.27. The van der Waals surface area contributed by atoms with E-state index in [9.17, 15) is 18.0 Å². The van der Waals surface area contributed by atoms with Crippen LogP contribution < -0.4 is 19.1 Å². The van der Waals surface area contributed by atoms with Crippen LogP contribution in [-0.4, -0.2) is 47.7 Å². The summed E-state index contributed by atoms with van der Waals surface area (Å²) in [6.45, 7) is 4.08. The minimum atomic E-state index is -4.21. The van der Waals surface area contributed by atoms with E-state index < -0.39 is 21.9 Å². The fourth-order valence-electron chi connectivity index (χ4n) is 3.26. The highest BCUT2D eigenvalue weighted by atomic mass is 35.5. The van der Waals surface area contributed by atoms with Crippen molar-refractivity contribution in [3.05, 3.63) is 62.3 Å². The van der Waals surface area contributed by atoms with Crippen LogP contribution in [0.4, 0.5) is 11.4 Å². The molecule has 1 amide bonds. The molecule has 0 fully saturated rings. The molecule has 0 saturated carbocycles. The first kappa shape index (κ1) is 28.6. The first-order chi connectivity index (χ1) is 17.5. The van der Waals surface area contributed by atoms with E-state index in [2.05, 4.69) is 5.32 Å². The van der Waals surface area contributed by atoms with Gasteiger partial charge in [0.05, 0.1) is 40.9 Å². The number of carbonyl (C=O) groups is 2. The summed E-state index contributed by atoms with van der Waals surface area (Å²) in [5.41, 5.74) is 0.673. The van der Waals surface area contributed by atoms with Crippen molar-refractivity contribution < 1.29 is 32.2 Å². The number of amides is 1. The lowest BCUT2D eigenvalue weighted by Crippen LogP contribution is -2.28. The third-order valence-corrected chi connectivity index (χ3v) is 8.56. The standard InChI is InChI=1S/C24H24Cl2N2O7S2/c1-5-34-18-10-8-15(12-19(18)33-4)28(3)37(31,32)20-13-21(26)36-22(20)23(29)27-14-7-9-16(17(25)11-14)24(30)35-6-2/h7-13H,5-6H2,1-4H3,(H,27,29). The molecule has 0 spiro atoms. The Balaban J connectivity index is 1.91. The predicted molar refractivity (Wildman–Crippen MR) is 144 cm³/mol. The van der Waals surface area contributed by atoms with Crippen LogP contribution in [0.5, 0.6) is 11.5 Å². The molecule has 13 heteroatoms. The number of esters is 1. The lowest BCUT2D eigenvalue weighted by Gasteiger charge is -2.21. The van der Waals surface area contributed by atoms with Gasteiger partial charge in [0, 0.05) is 18.8 Å². The molecule has 3 rings (SSSR count). The fraction of sp³-hybridized carbons (Fsp3) is 0.250. The minimum Gasteiger partial charge on any atom is -0.493 e. The number of hydrogen-bond acceptors (Lipinski definition) is 8. The monoisotopic (exact) mass is 586 g/mol. The molecule has 3 aromatic rings.